The summed E-state index contributed by atoms with van der Waals surface area (Å²) < 4.78 is 48.9. The van der Waals surface area contributed by atoms with E-state index in [-0.39, 0.29) is 0 Å². The smallest absolute Gasteiger partial charge is 0.331 e. The first kappa shape index (κ1) is 18.9. The van der Waals surface area contributed by atoms with Crippen LogP contribution in [0, 0.1) is 0 Å². The molecule has 134 valence electrons. The highest BCUT2D eigenvalue weighted by Crippen LogP contribution is 2.27. The van der Waals surface area contributed by atoms with Gasteiger partial charge in [0.05, 0.1) is 6.04 Å². The number of hydrogen-bond acceptors (Lipinski definition) is 3. The molecule has 1 aromatic carbocycles. The molecule has 0 aliphatic rings. The standard InChI is InChI=1S/C16H16F3N3O2S/c1-10(11-6-7-14(20-9-11)16(17,18)19)21-15(23)22-12-4-3-5-13(8-12)25(2)24/h3-10H,1-2H3,(H2,21,22,23)/t10-,25?/m1/s1. The summed E-state index contributed by atoms with van der Waals surface area (Å²) in [5, 5.41) is 5.19. The van der Waals surface area contributed by atoms with Crippen molar-refractivity contribution in [3.05, 3.63) is 53.9 Å². The molecule has 2 aromatic rings. The van der Waals surface area contributed by atoms with Crippen LogP contribution in [0.2, 0.25) is 0 Å². The molecule has 2 N–H and O–H groups in total. The van der Waals surface area contributed by atoms with Crippen LogP contribution in [0.1, 0.15) is 24.2 Å². The molecule has 1 heterocycles. The summed E-state index contributed by atoms with van der Waals surface area (Å²) in [7, 11) is -1.18. The Morgan fingerprint density at radius 2 is 1.96 bits per heavy atom. The highest BCUT2D eigenvalue weighted by molar-refractivity contribution is 7.84. The first-order valence-electron chi connectivity index (χ1n) is 7.21. The van der Waals surface area contributed by atoms with E-state index in [1.807, 2.05) is 0 Å². The predicted molar refractivity (Wildman–Crippen MR) is 88.6 cm³/mol. The molecule has 0 aliphatic heterocycles. The van der Waals surface area contributed by atoms with Gasteiger partial charge < -0.3 is 10.6 Å². The van der Waals surface area contributed by atoms with Crippen LogP contribution in [-0.2, 0) is 17.0 Å². The zero-order valence-corrected chi connectivity index (χ0v) is 14.2. The molecule has 2 rings (SSSR count). The van der Waals surface area contributed by atoms with E-state index in [1.54, 1.807) is 31.2 Å². The number of halogens is 3. The van der Waals surface area contributed by atoms with E-state index in [4.69, 9.17) is 0 Å². The van der Waals surface area contributed by atoms with Crippen LogP contribution in [0.5, 0.6) is 0 Å². The first-order chi connectivity index (χ1) is 11.7. The molecule has 1 unspecified atom stereocenters. The van der Waals surface area contributed by atoms with Gasteiger partial charge in [-0.05, 0) is 36.8 Å². The van der Waals surface area contributed by atoms with Crippen molar-refractivity contribution in [3.63, 3.8) is 0 Å². The highest BCUT2D eigenvalue weighted by atomic mass is 32.2. The summed E-state index contributed by atoms with van der Waals surface area (Å²) in [5.41, 5.74) is -0.0909. The molecular weight excluding hydrogens is 355 g/mol. The molecule has 25 heavy (non-hydrogen) atoms. The van der Waals surface area contributed by atoms with Gasteiger partial charge in [0, 0.05) is 33.8 Å². The third kappa shape index (κ3) is 5.28. The number of benzene rings is 1. The minimum atomic E-state index is -4.50. The van der Waals surface area contributed by atoms with Gasteiger partial charge in [0.15, 0.2) is 0 Å². The lowest BCUT2D eigenvalue weighted by Crippen LogP contribution is -2.31. The van der Waals surface area contributed by atoms with E-state index < -0.39 is 34.7 Å². The number of hydrogen-bond donors (Lipinski definition) is 2. The minimum absolute atomic E-state index is 0.437. The van der Waals surface area contributed by atoms with Crippen LogP contribution >= 0.6 is 0 Å². The second-order valence-electron chi connectivity index (χ2n) is 5.28. The van der Waals surface area contributed by atoms with Crippen LogP contribution in [-0.4, -0.2) is 21.5 Å². The zero-order valence-electron chi connectivity index (χ0n) is 13.4. The average Bonchev–Trinajstić information content (AvgIpc) is 2.54. The zero-order chi connectivity index (χ0) is 18.6. The number of carbonyl (C=O) groups is 1. The molecule has 2 amide bonds. The number of nitrogens with zero attached hydrogens (tertiary/aromatic N) is 1. The van der Waals surface area contributed by atoms with Gasteiger partial charge in [-0.3, -0.25) is 9.19 Å². The highest BCUT2D eigenvalue weighted by Gasteiger charge is 2.32. The maximum Gasteiger partial charge on any atom is 0.433 e. The Kier molecular flexibility index (Phi) is 5.78. The van der Waals surface area contributed by atoms with E-state index >= 15 is 0 Å². The monoisotopic (exact) mass is 371 g/mol. The van der Waals surface area contributed by atoms with Crippen molar-refractivity contribution < 1.29 is 22.2 Å². The number of nitrogens with one attached hydrogen (secondary N) is 2. The summed E-state index contributed by atoms with van der Waals surface area (Å²) in [5.74, 6) is 0. The van der Waals surface area contributed by atoms with Crippen LogP contribution in [0.3, 0.4) is 0 Å². The largest absolute Gasteiger partial charge is 0.433 e. The topological polar surface area (TPSA) is 71.1 Å². The minimum Gasteiger partial charge on any atom is -0.331 e. The van der Waals surface area contributed by atoms with Crippen molar-refractivity contribution in [1.82, 2.24) is 10.3 Å². The van der Waals surface area contributed by atoms with Gasteiger partial charge in [0.2, 0.25) is 0 Å². The Hall–Kier alpha value is -2.42. The number of anilines is 1. The number of pyridine rings is 1. The van der Waals surface area contributed by atoms with E-state index in [0.29, 0.717) is 16.1 Å². The summed E-state index contributed by atoms with van der Waals surface area (Å²) in [6.45, 7) is 1.63. The molecule has 0 bridgehead atoms. The van der Waals surface area contributed by atoms with Crippen LogP contribution in [0.15, 0.2) is 47.5 Å². The van der Waals surface area contributed by atoms with Crippen LogP contribution in [0.4, 0.5) is 23.7 Å². The normalized spacial score (nSPS) is 13.8. The van der Waals surface area contributed by atoms with Gasteiger partial charge in [-0.25, -0.2) is 4.79 Å². The van der Waals surface area contributed by atoms with E-state index in [1.165, 1.54) is 12.3 Å². The van der Waals surface area contributed by atoms with Gasteiger partial charge >= 0.3 is 12.2 Å². The van der Waals surface area contributed by atoms with Gasteiger partial charge in [0.25, 0.3) is 0 Å². The van der Waals surface area contributed by atoms with Crippen LogP contribution in [0.25, 0.3) is 0 Å². The fourth-order valence-corrected chi connectivity index (χ4v) is 2.59. The second-order valence-corrected chi connectivity index (χ2v) is 6.66. The number of alkyl halides is 3. The molecule has 0 saturated heterocycles. The predicted octanol–water partition coefficient (Wildman–Crippen LogP) is 3.72. The van der Waals surface area contributed by atoms with Crippen molar-refractivity contribution in [2.75, 3.05) is 11.6 Å². The Morgan fingerprint density at radius 3 is 2.52 bits per heavy atom. The summed E-state index contributed by atoms with van der Waals surface area (Å²) >= 11 is 0. The Labute approximate surface area is 145 Å². The van der Waals surface area contributed by atoms with Gasteiger partial charge in [0.1, 0.15) is 5.69 Å². The van der Waals surface area contributed by atoms with Crippen molar-refractivity contribution in [2.24, 2.45) is 0 Å². The van der Waals surface area contributed by atoms with Gasteiger partial charge in [-0.2, -0.15) is 13.2 Å². The van der Waals surface area contributed by atoms with Crippen LogP contribution < -0.4 is 10.6 Å². The summed E-state index contributed by atoms with van der Waals surface area (Å²) in [6, 6.07) is 7.61. The summed E-state index contributed by atoms with van der Waals surface area (Å²) in [6.07, 6.45) is -1.90. The lowest BCUT2D eigenvalue weighted by Gasteiger charge is -2.15. The third-order valence-electron chi connectivity index (χ3n) is 3.35. The molecule has 1 aromatic heterocycles. The Morgan fingerprint density at radius 1 is 1.24 bits per heavy atom. The van der Waals surface area contributed by atoms with Gasteiger partial charge in [-0.15, -0.1) is 0 Å². The maximum absolute atomic E-state index is 12.5. The van der Waals surface area contributed by atoms with Gasteiger partial charge in [-0.1, -0.05) is 12.1 Å². The summed E-state index contributed by atoms with van der Waals surface area (Å²) in [4.78, 5) is 15.9. The lowest BCUT2D eigenvalue weighted by molar-refractivity contribution is -0.141. The molecule has 0 spiro atoms. The Bertz CT molecular complexity index is 779. The van der Waals surface area contributed by atoms with E-state index in [2.05, 4.69) is 15.6 Å². The number of rotatable bonds is 4. The molecule has 0 radical (unpaired) electrons. The molecule has 9 heteroatoms. The molecule has 5 nitrogen and oxygen atoms in total. The Balaban J connectivity index is 2.00. The first-order valence-corrected chi connectivity index (χ1v) is 8.77. The molecule has 0 fully saturated rings. The van der Waals surface area contributed by atoms with E-state index in [0.717, 1.165) is 12.3 Å². The fraction of sp³-hybridized carbons (Fsp3) is 0.250. The van der Waals surface area contributed by atoms with Crippen molar-refractivity contribution in [2.45, 2.75) is 24.0 Å². The molecule has 2 atom stereocenters. The maximum atomic E-state index is 12.5. The number of amides is 2. The number of urea groups is 1. The molecule has 0 aliphatic carbocycles. The van der Waals surface area contributed by atoms with Crippen molar-refractivity contribution in [1.29, 1.82) is 0 Å². The third-order valence-corrected chi connectivity index (χ3v) is 4.27. The van der Waals surface area contributed by atoms with Crippen molar-refractivity contribution >= 4 is 22.5 Å². The quantitative estimate of drug-likeness (QED) is 0.860. The molecule has 0 saturated carbocycles. The fourth-order valence-electron chi connectivity index (χ4n) is 2.03. The van der Waals surface area contributed by atoms with E-state index in [9.17, 15) is 22.2 Å². The molecular formula is C16H16F3N3O2S. The number of carbonyl (C=O) groups excluding carboxylic acids is 1. The SMILES string of the molecule is C[C@@H](NC(=O)Nc1cccc(S(C)=O)c1)c1ccc(C(F)(F)F)nc1. The lowest BCUT2D eigenvalue weighted by atomic mass is 10.1. The average molecular weight is 371 g/mol. The van der Waals surface area contributed by atoms with Crippen molar-refractivity contribution in [3.8, 4) is 0 Å². The number of aromatic nitrogens is 1. The second kappa shape index (κ2) is 7.64.